The Morgan fingerprint density at radius 1 is 0.844 bits per heavy atom. The number of rotatable bonds is 7. The van der Waals surface area contributed by atoms with Gasteiger partial charge in [-0.3, -0.25) is 14.5 Å². The van der Waals surface area contributed by atoms with E-state index in [1.165, 1.54) is 11.1 Å². The molecular weight excluding hydrogens is 396 g/mol. The average Bonchev–Trinajstić information content (AvgIpc) is 2.84. The lowest BCUT2D eigenvalue weighted by Crippen LogP contribution is -2.42. The summed E-state index contributed by atoms with van der Waals surface area (Å²) < 4.78 is 0. The first-order valence-electron chi connectivity index (χ1n) is 11.3. The van der Waals surface area contributed by atoms with E-state index in [-0.39, 0.29) is 17.6 Å². The van der Waals surface area contributed by atoms with Crippen molar-refractivity contribution in [2.24, 2.45) is 5.92 Å². The van der Waals surface area contributed by atoms with Crippen molar-refractivity contribution in [3.8, 4) is 11.1 Å². The van der Waals surface area contributed by atoms with Gasteiger partial charge in [-0.2, -0.15) is 0 Å². The van der Waals surface area contributed by atoms with Gasteiger partial charge in [0.15, 0.2) is 5.78 Å². The van der Waals surface area contributed by atoms with Gasteiger partial charge in [0.2, 0.25) is 5.91 Å². The quantitative estimate of drug-likeness (QED) is 0.548. The highest BCUT2D eigenvalue weighted by molar-refractivity contribution is 5.97. The van der Waals surface area contributed by atoms with E-state index in [4.69, 9.17) is 0 Å². The number of Topliss-reactive ketones (excluding diaryl/α,β-unsaturated/α-hetero) is 1. The fraction of sp³-hybridized carbons (Fsp3) is 0.286. The molecule has 1 heterocycles. The summed E-state index contributed by atoms with van der Waals surface area (Å²) in [6, 6.07) is 26.3. The molecule has 0 unspecified atom stereocenters. The summed E-state index contributed by atoms with van der Waals surface area (Å²) in [5.74, 6) is 0.276. The molecule has 32 heavy (non-hydrogen) atoms. The Kier molecular flexibility index (Phi) is 7.13. The van der Waals surface area contributed by atoms with Crippen LogP contribution in [0.5, 0.6) is 0 Å². The first kappa shape index (κ1) is 22.0. The van der Waals surface area contributed by atoms with Crippen molar-refractivity contribution in [1.29, 1.82) is 0 Å². The first-order valence-corrected chi connectivity index (χ1v) is 11.3. The van der Waals surface area contributed by atoms with E-state index in [2.05, 4.69) is 46.6 Å². The predicted octanol–water partition coefficient (Wildman–Crippen LogP) is 4.87. The third-order valence-electron chi connectivity index (χ3n) is 6.23. The predicted molar refractivity (Wildman–Crippen MR) is 128 cm³/mol. The summed E-state index contributed by atoms with van der Waals surface area (Å²) in [6.45, 7) is 4.54. The van der Waals surface area contributed by atoms with Crippen molar-refractivity contribution in [2.45, 2.75) is 26.3 Å². The van der Waals surface area contributed by atoms with Crippen molar-refractivity contribution < 1.29 is 9.59 Å². The van der Waals surface area contributed by atoms with Gasteiger partial charge in [-0.15, -0.1) is 0 Å². The number of nitrogens with one attached hydrogen (secondary N) is 1. The van der Waals surface area contributed by atoms with Crippen molar-refractivity contribution in [1.82, 2.24) is 10.2 Å². The van der Waals surface area contributed by atoms with Gasteiger partial charge in [0, 0.05) is 18.0 Å². The lowest BCUT2D eigenvalue weighted by Gasteiger charge is -2.30. The fourth-order valence-electron chi connectivity index (χ4n) is 4.17. The van der Waals surface area contributed by atoms with Crippen LogP contribution in [0, 0.1) is 12.8 Å². The van der Waals surface area contributed by atoms with Gasteiger partial charge in [-0.1, -0.05) is 84.4 Å². The molecule has 0 radical (unpaired) electrons. The highest BCUT2D eigenvalue weighted by Gasteiger charge is 2.26. The van der Waals surface area contributed by atoms with E-state index in [0.29, 0.717) is 13.1 Å². The molecule has 4 rings (SSSR count). The van der Waals surface area contributed by atoms with Gasteiger partial charge in [-0.25, -0.2) is 0 Å². The topological polar surface area (TPSA) is 49.4 Å². The van der Waals surface area contributed by atoms with Crippen LogP contribution in [0.4, 0.5) is 0 Å². The molecule has 0 aliphatic carbocycles. The van der Waals surface area contributed by atoms with Crippen LogP contribution >= 0.6 is 0 Å². The zero-order chi connectivity index (χ0) is 22.3. The minimum absolute atomic E-state index is 0.0179. The smallest absolute Gasteiger partial charge is 0.223 e. The molecule has 3 aromatic carbocycles. The molecule has 4 heteroatoms. The van der Waals surface area contributed by atoms with Gasteiger partial charge < -0.3 is 5.32 Å². The maximum atomic E-state index is 12.6. The molecule has 1 saturated heterocycles. The number of benzene rings is 3. The molecular formula is C28H30N2O2. The van der Waals surface area contributed by atoms with E-state index in [0.717, 1.165) is 42.6 Å². The number of ketones is 1. The molecule has 0 spiro atoms. The SMILES string of the molecule is Cc1ccc(C(=O)CN2CCC(C(=O)NCc3ccc(-c4ccccc4)cc3)CC2)cc1. The standard InChI is InChI=1S/C28H30N2O2/c1-21-7-11-25(12-8-21)27(31)20-30-17-15-26(16-18-30)28(32)29-19-22-9-13-24(14-10-22)23-5-3-2-4-6-23/h2-14,26H,15-20H2,1H3,(H,29,32). The number of likely N-dealkylation sites (tertiary alicyclic amines) is 1. The summed E-state index contributed by atoms with van der Waals surface area (Å²) in [4.78, 5) is 27.3. The molecule has 0 atom stereocenters. The number of hydrogen-bond donors (Lipinski definition) is 1. The highest BCUT2D eigenvalue weighted by atomic mass is 16.2. The third kappa shape index (κ3) is 5.71. The molecule has 164 valence electrons. The Balaban J connectivity index is 1.21. The summed E-state index contributed by atoms with van der Waals surface area (Å²) in [7, 11) is 0. The normalized spacial score (nSPS) is 14.8. The molecule has 0 aromatic heterocycles. The van der Waals surface area contributed by atoms with Gasteiger partial charge in [0.05, 0.1) is 6.54 Å². The Morgan fingerprint density at radius 3 is 2.12 bits per heavy atom. The van der Waals surface area contributed by atoms with Crippen LogP contribution in [-0.4, -0.2) is 36.2 Å². The van der Waals surface area contributed by atoms with Gasteiger partial charge in [0.1, 0.15) is 0 Å². The van der Waals surface area contributed by atoms with Crippen molar-refractivity contribution in [3.63, 3.8) is 0 Å². The molecule has 1 aliphatic heterocycles. The third-order valence-corrected chi connectivity index (χ3v) is 6.23. The average molecular weight is 427 g/mol. The number of amides is 1. The number of carbonyl (C=O) groups excluding carboxylic acids is 2. The second-order valence-corrected chi connectivity index (χ2v) is 8.62. The molecule has 1 aliphatic rings. The number of piperidine rings is 1. The van der Waals surface area contributed by atoms with Crippen molar-refractivity contribution >= 4 is 11.7 Å². The van der Waals surface area contributed by atoms with E-state index < -0.39 is 0 Å². The van der Waals surface area contributed by atoms with Crippen LogP contribution in [-0.2, 0) is 11.3 Å². The fourth-order valence-corrected chi connectivity index (χ4v) is 4.17. The summed E-state index contributed by atoms with van der Waals surface area (Å²) in [5.41, 5.74) is 5.37. The Morgan fingerprint density at radius 2 is 1.47 bits per heavy atom. The van der Waals surface area contributed by atoms with E-state index in [1.807, 2.05) is 49.4 Å². The number of carbonyl (C=O) groups is 2. The Labute approximate surface area is 190 Å². The molecule has 1 amide bonds. The Bertz CT molecular complexity index is 1040. The van der Waals surface area contributed by atoms with Crippen LogP contribution < -0.4 is 5.32 Å². The second-order valence-electron chi connectivity index (χ2n) is 8.62. The molecule has 0 saturated carbocycles. The lowest BCUT2D eigenvalue weighted by molar-refractivity contribution is -0.126. The van der Waals surface area contributed by atoms with E-state index >= 15 is 0 Å². The Hall–Kier alpha value is -3.24. The van der Waals surface area contributed by atoms with E-state index in [1.54, 1.807) is 0 Å². The second kappa shape index (κ2) is 10.4. The highest BCUT2D eigenvalue weighted by Crippen LogP contribution is 2.20. The zero-order valence-electron chi connectivity index (χ0n) is 18.6. The van der Waals surface area contributed by atoms with Gasteiger partial charge in [0.25, 0.3) is 0 Å². The minimum Gasteiger partial charge on any atom is -0.352 e. The van der Waals surface area contributed by atoms with Gasteiger partial charge >= 0.3 is 0 Å². The zero-order valence-corrected chi connectivity index (χ0v) is 18.6. The van der Waals surface area contributed by atoms with Crippen LogP contribution in [0.3, 0.4) is 0 Å². The number of nitrogens with zero attached hydrogens (tertiary/aromatic N) is 1. The molecule has 3 aromatic rings. The largest absolute Gasteiger partial charge is 0.352 e. The molecule has 4 nitrogen and oxygen atoms in total. The van der Waals surface area contributed by atoms with Crippen LogP contribution in [0.2, 0.25) is 0 Å². The lowest BCUT2D eigenvalue weighted by atomic mass is 9.95. The van der Waals surface area contributed by atoms with Crippen molar-refractivity contribution in [2.75, 3.05) is 19.6 Å². The van der Waals surface area contributed by atoms with Gasteiger partial charge in [-0.05, 0) is 49.5 Å². The number of hydrogen-bond acceptors (Lipinski definition) is 3. The summed E-state index contributed by atoms with van der Waals surface area (Å²) in [5, 5.41) is 3.09. The maximum absolute atomic E-state index is 12.6. The minimum atomic E-state index is 0.0179. The molecule has 1 N–H and O–H groups in total. The monoisotopic (exact) mass is 426 g/mol. The molecule has 0 bridgehead atoms. The summed E-state index contributed by atoms with van der Waals surface area (Å²) in [6.07, 6.45) is 1.58. The summed E-state index contributed by atoms with van der Waals surface area (Å²) >= 11 is 0. The molecule has 1 fully saturated rings. The number of aryl methyl sites for hydroxylation is 1. The van der Waals surface area contributed by atoms with Crippen LogP contribution in [0.15, 0.2) is 78.9 Å². The van der Waals surface area contributed by atoms with Crippen LogP contribution in [0.25, 0.3) is 11.1 Å². The van der Waals surface area contributed by atoms with Crippen molar-refractivity contribution in [3.05, 3.63) is 95.6 Å². The van der Waals surface area contributed by atoms with E-state index in [9.17, 15) is 9.59 Å². The first-order chi connectivity index (χ1) is 15.6. The maximum Gasteiger partial charge on any atom is 0.223 e. The van der Waals surface area contributed by atoms with Crippen LogP contribution in [0.1, 0.15) is 34.3 Å².